The van der Waals surface area contributed by atoms with E-state index < -0.39 is 5.60 Å². The summed E-state index contributed by atoms with van der Waals surface area (Å²) in [6.07, 6.45) is 2.45. The molecule has 1 fully saturated rings. The molecule has 2 heterocycles. The van der Waals surface area contributed by atoms with Gasteiger partial charge in [-0.05, 0) is 66.4 Å². The van der Waals surface area contributed by atoms with E-state index in [9.17, 15) is 14.7 Å². The van der Waals surface area contributed by atoms with Crippen molar-refractivity contribution in [2.45, 2.75) is 84.0 Å². The Bertz CT molecular complexity index is 947. The highest BCUT2D eigenvalue weighted by atomic mass is 16.6. The molecule has 176 valence electrons. The fourth-order valence-corrected chi connectivity index (χ4v) is 4.22. The van der Waals surface area contributed by atoms with Crippen LogP contribution < -0.4 is 5.32 Å². The van der Waals surface area contributed by atoms with Crippen molar-refractivity contribution in [3.05, 3.63) is 30.0 Å². The van der Waals surface area contributed by atoms with Gasteiger partial charge in [-0.1, -0.05) is 18.2 Å². The average molecular weight is 445 g/mol. The summed E-state index contributed by atoms with van der Waals surface area (Å²) in [4.78, 5) is 27.7. The number of piperidine rings is 1. The number of ether oxygens (including phenoxy) is 1. The number of aromatic nitrogens is 2. The van der Waals surface area contributed by atoms with Gasteiger partial charge in [-0.2, -0.15) is 5.10 Å². The molecule has 1 saturated heterocycles. The Morgan fingerprint density at radius 1 is 1.25 bits per heavy atom. The Balaban J connectivity index is 1.77. The van der Waals surface area contributed by atoms with Gasteiger partial charge in [0.05, 0.1) is 5.52 Å². The zero-order chi connectivity index (χ0) is 23.5. The highest BCUT2D eigenvalue weighted by Crippen LogP contribution is 2.25. The summed E-state index contributed by atoms with van der Waals surface area (Å²) in [6.45, 7) is 10.1. The Morgan fingerprint density at radius 3 is 2.62 bits per heavy atom. The minimum Gasteiger partial charge on any atom is -0.444 e. The maximum Gasteiger partial charge on any atom is 0.410 e. The van der Waals surface area contributed by atoms with Gasteiger partial charge >= 0.3 is 6.09 Å². The lowest BCUT2D eigenvalue weighted by Gasteiger charge is -2.40. The number of nitrogens with one attached hydrogen (secondary N) is 1. The number of aliphatic hydroxyl groups is 1. The predicted octanol–water partition coefficient (Wildman–Crippen LogP) is 3.89. The van der Waals surface area contributed by atoms with E-state index in [1.54, 1.807) is 4.90 Å². The first-order valence-electron chi connectivity index (χ1n) is 11.5. The molecule has 0 unspecified atom stereocenters. The molecule has 32 heavy (non-hydrogen) atoms. The van der Waals surface area contributed by atoms with Crippen LogP contribution in [0.4, 0.5) is 4.79 Å². The van der Waals surface area contributed by atoms with Crippen molar-refractivity contribution in [1.29, 1.82) is 0 Å². The maximum absolute atomic E-state index is 13.2. The quantitative estimate of drug-likeness (QED) is 0.705. The first-order valence-corrected chi connectivity index (χ1v) is 11.5. The number of amides is 2. The van der Waals surface area contributed by atoms with Crippen molar-refractivity contribution < 1.29 is 19.4 Å². The smallest absolute Gasteiger partial charge is 0.410 e. The van der Waals surface area contributed by atoms with Crippen molar-refractivity contribution >= 4 is 22.9 Å². The summed E-state index contributed by atoms with van der Waals surface area (Å²) >= 11 is 0. The summed E-state index contributed by atoms with van der Waals surface area (Å²) in [7, 11) is 0. The van der Waals surface area contributed by atoms with Gasteiger partial charge in [-0.25, -0.2) is 4.79 Å². The number of para-hydroxylation sites is 1. The molecule has 2 aromatic rings. The fraction of sp³-hybridized carbons (Fsp3) is 0.625. The van der Waals surface area contributed by atoms with Crippen LogP contribution in [-0.2, 0) is 4.74 Å². The molecule has 1 aromatic heterocycles. The van der Waals surface area contributed by atoms with Crippen molar-refractivity contribution in [2.75, 3.05) is 13.2 Å². The van der Waals surface area contributed by atoms with Gasteiger partial charge in [-0.3, -0.25) is 9.48 Å². The number of nitrogens with zero attached hydrogens (tertiary/aromatic N) is 3. The topological polar surface area (TPSA) is 96.7 Å². The van der Waals surface area contributed by atoms with E-state index in [0.29, 0.717) is 25.1 Å². The summed E-state index contributed by atoms with van der Waals surface area (Å²) in [5.74, 6) is -0.233. The molecular weight excluding hydrogens is 408 g/mol. The standard InChI is InChI=1S/C24H36N4O4/c1-16(2)28-20-11-7-6-10-19(20)21(26-28)22(30)25-17-12-13-18(9-8-14-29)27(15-17)23(31)32-24(3,4)5/h6-7,10-11,16-18,29H,8-9,12-15H2,1-5H3,(H,25,30)/t17-,18+/m1/s1. The second kappa shape index (κ2) is 9.90. The van der Waals surface area contributed by atoms with Crippen LogP contribution in [-0.4, -0.2) is 62.6 Å². The summed E-state index contributed by atoms with van der Waals surface area (Å²) in [6, 6.07) is 7.66. The van der Waals surface area contributed by atoms with Crippen LogP contribution in [0.5, 0.6) is 0 Å². The van der Waals surface area contributed by atoms with Crippen molar-refractivity contribution in [2.24, 2.45) is 0 Å². The molecular formula is C24H36N4O4. The third kappa shape index (κ3) is 5.59. The second-order valence-corrected chi connectivity index (χ2v) is 9.80. The molecule has 1 aliphatic rings. The van der Waals surface area contributed by atoms with Gasteiger partial charge < -0.3 is 20.1 Å². The van der Waals surface area contributed by atoms with Gasteiger partial charge in [0.1, 0.15) is 5.60 Å². The summed E-state index contributed by atoms with van der Waals surface area (Å²) in [5.41, 5.74) is 0.730. The molecule has 0 saturated carbocycles. The van der Waals surface area contributed by atoms with Crippen molar-refractivity contribution in [3.63, 3.8) is 0 Å². The predicted molar refractivity (Wildman–Crippen MR) is 124 cm³/mol. The number of hydrogen-bond donors (Lipinski definition) is 2. The molecule has 3 rings (SSSR count). The molecule has 2 atom stereocenters. The first-order chi connectivity index (χ1) is 15.1. The number of likely N-dealkylation sites (tertiary alicyclic amines) is 1. The molecule has 0 spiro atoms. The van der Waals surface area contributed by atoms with Gasteiger partial charge in [-0.15, -0.1) is 0 Å². The molecule has 8 heteroatoms. The number of fused-ring (bicyclic) bond motifs is 1. The number of rotatable bonds is 6. The molecule has 2 amide bonds. The molecule has 0 radical (unpaired) electrons. The number of benzene rings is 1. The highest BCUT2D eigenvalue weighted by molar-refractivity contribution is 6.05. The number of carbonyl (C=O) groups excluding carboxylic acids is 2. The van der Waals surface area contributed by atoms with E-state index in [0.717, 1.165) is 23.7 Å². The summed E-state index contributed by atoms with van der Waals surface area (Å²) in [5, 5.41) is 17.7. The van der Waals surface area contributed by atoms with Crippen LogP contribution in [0.1, 0.15) is 76.8 Å². The Hall–Kier alpha value is -2.61. The number of carbonyl (C=O) groups is 2. The fourth-order valence-electron chi connectivity index (χ4n) is 4.22. The van der Waals surface area contributed by atoms with E-state index in [2.05, 4.69) is 10.4 Å². The second-order valence-electron chi connectivity index (χ2n) is 9.80. The maximum atomic E-state index is 13.2. The summed E-state index contributed by atoms with van der Waals surface area (Å²) < 4.78 is 7.47. The van der Waals surface area contributed by atoms with E-state index in [-0.39, 0.29) is 36.7 Å². The van der Waals surface area contributed by atoms with Gasteiger partial charge in [0, 0.05) is 36.7 Å². The van der Waals surface area contributed by atoms with Crippen LogP contribution in [0.2, 0.25) is 0 Å². The molecule has 1 aliphatic heterocycles. The van der Waals surface area contributed by atoms with E-state index >= 15 is 0 Å². The van der Waals surface area contributed by atoms with Crippen LogP contribution in [0.15, 0.2) is 24.3 Å². The minimum absolute atomic E-state index is 0.00821. The van der Waals surface area contributed by atoms with Crippen LogP contribution in [0.3, 0.4) is 0 Å². The van der Waals surface area contributed by atoms with Gasteiger partial charge in [0.25, 0.3) is 5.91 Å². The lowest BCUT2D eigenvalue weighted by molar-refractivity contribution is 0.00400. The highest BCUT2D eigenvalue weighted by Gasteiger charge is 2.35. The lowest BCUT2D eigenvalue weighted by atomic mass is 9.95. The molecule has 0 aliphatic carbocycles. The lowest BCUT2D eigenvalue weighted by Crippen LogP contribution is -2.55. The Kier molecular flexibility index (Phi) is 7.44. The molecule has 2 N–H and O–H groups in total. The Morgan fingerprint density at radius 2 is 1.97 bits per heavy atom. The largest absolute Gasteiger partial charge is 0.444 e. The number of aliphatic hydroxyl groups excluding tert-OH is 1. The van der Waals surface area contributed by atoms with E-state index in [1.807, 2.05) is 63.6 Å². The van der Waals surface area contributed by atoms with Crippen LogP contribution in [0.25, 0.3) is 10.9 Å². The number of hydrogen-bond acceptors (Lipinski definition) is 5. The third-order valence-electron chi connectivity index (χ3n) is 5.68. The third-order valence-corrected chi connectivity index (χ3v) is 5.68. The van der Waals surface area contributed by atoms with E-state index in [4.69, 9.17) is 4.74 Å². The van der Waals surface area contributed by atoms with Gasteiger partial charge in [0.15, 0.2) is 5.69 Å². The average Bonchev–Trinajstić information content (AvgIpc) is 3.11. The van der Waals surface area contributed by atoms with Crippen molar-refractivity contribution in [1.82, 2.24) is 20.0 Å². The SMILES string of the molecule is CC(C)n1nc(C(=O)N[C@@H]2CC[C@H](CCCO)N(C(=O)OC(C)(C)C)C2)c2ccccc21. The van der Waals surface area contributed by atoms with Crippen LogP contribution in [0, 0.1) is 0 Å². The first kappa shape index (κ1) is 24.0. The zero-order valence-corrected chi connectivity index (χ0v) is 19.8. The molecule has 8 nitrogen and oxygen atoms in total. The Labute approximate surface area is 189 Å². The van der Waals surface area contributed by atoms with Crippen LogP contribution >= 0.6 is 0 Å². The van der Waals surface area contributed by atoms with E-state index in [1.165, 1.54) is 0 Å². The zero-order valence-electron chi connectivity index (χ0n) is 19.8. The van der Waals surface area contributed by atoms with Crippen molar-refractivity contribution in [3.8, 4) is 0 Å². The van der Waals surface area contributed by atoms with Gasteiger partial charge in [0.2, 0.25) is 0 Å². The molecule has 0 bridgehead atoms. The normalized spacial score (nSPS) is 19.4. The monoisotopic (exact) mass is 444 g/mol. The molecule has 1 aromatic carbocycles. The minimum atomic E-state index is -0.600.